The summed E-state index contributed by atoms with van der Waals surface area (Å²) in [5, 5.41) is 14.1. The first kappa shape index (κ1) is 54.2. The molecule has 4 fully saturated rings. The van der Waals surface area contributed by atoms with Gasteiger partial charge in [0.05, 0.1) is 39.8 Å². The standard InChI is InChI=1S/C29H32N6O5S.C25H25N5O3S.2CH4/c1-18-5-6-19(27(36)32-21-7-8-21)11-24(18)20-12-31-35(14-20)26-13-30-25-10-9-22(17-34(25)26)41(38,39)23-15-33(16-23)28(37)40-29(2,3)4;1-16-5-6-17(25(31)28-19-7-8-19)11-22(16)18-12-27-30(14-18)24-13-26-23-10-9-21(15-29(23)24)34(32,33)20-3-2-4-20;;/h5-6,9-14,17,21,23H,7-8,15-16H2,1-4H3,(H,32,36);5-6,9-15,19-20H,2-4,7-8H2,1H3,(H,28,31);2*1H4. The molecule has 2 N–H and O–H groups in total. The third-order valence-electron chi connectivity index (χ3n) is 14.1. The van der Waals surface area contributed by atoms with Crippen molar-refractivity contribution in [3.8, 4) is 33.9 Å². The summed E-state index contributed by atoms with van der Waals surface area (Å²) in [6, 6.07) is 18.4. The number of nitrogens with one attached hydrogen (secondary N) is 2. The summed E-state index contributed by atoms with van der Waals surface area (Å²) >= 11 is 0. The minimum atomic E-state index is -3.71. The molecular weight excluding hydrogens is 1020 g/mol. The van der Waals surface area contributed by atoms with Crippen LogP contribution in [-0.4, -0.2) is 119 Å². The Hall–Kier alpha value is -7.65. The highest BCUT2D eigenvalue weighted by atomic mass is 32.2. The molecule has 0 spiro atoms. The summed E-state index contributed by atoms with van der Waals surface area (Å²) in [5.74, 6) is 1.07. The molecule has 1 aliphatic heterocycles. The number of benzene rings is 2. The number of hydrogen-bond acceptors (Lipinski definition) is 12. The van der Waals surface area contributed by atoms with Gasteiger partial charge in [-0.25, -0.2) is 41.0 Å². The highest BCUT2D eigenvalue weighted by Gasteiger charge is 2.42. The maximum atomic E-state index is 13.4. The van der Waals surface area contributed by atoms with Crippen molar-refractivity contribution >= 4 is 48.9 Å². The van der Waals surface area contributed by atoms with Gasteiger partial charge in [0.1, 0.15) is 22.1 Å². The lowest BCUT2D eigenvalue weighted by atomic mass is 10.00. The number of hydrogen-bond donors (Lipinski definition) is 2. The predicted molar refractivity (Wildman–Crippen MR) is 293 cm³/mol. The van der Waals surface area contributed by atoms with Gasteiger partial charge < -0.3 is 20.3 Å². The Morgan fingerprint density at radius 3 is 1.43 bits per heavy atom. The van der Waals surface area contributed by atoms with Crippen molar-refractivity contribution in [2.75, 3.05) is 13.1 Å². The van der Waals surface area contributed by atoms with Gasteiger partial charge in [0.15, 0.2) is 31.3 Å². The summed E-state index contributed by atoms with van der Waals surface area (Å²) in [7, 11) is -7.05. The molecule has 3 amide bonds. The molecule has 7 heterocycles. The molecule has 0 unspecified atom stereocenters. The fraction of sp³-hybridized carbons (Fsp3) is 0.375. The molecule has 3 aliphatic carbocycles. The van der Waals surface area contributed by atoms with Crippen LogP contribution in [0, 0.1) is 13.8 Å². The monoisotopic (exact) mass is 1080 g/mol. The van der Waals surface area contributed by atoms with Gasteiger partial charge in [-0.1, -0.05) is 33.4 Å². The molecule has 21 heteroatoms. The molecule has 0 atom stereocenters. The number of nitrogens with zero attached hydrogens (tertiary/aromatic N) is 9. The second kappa shape index (κ2) is 20.7. The van der Waals surface area contributed by atoms with Gasteiger partial charge in [-0.2, -0.15) is 10.2 Å². The van der Waals surface area contributed by atoms with E-state index in [-0.39, 0.29) is 55.9 Å². The number of amides is 3. The Labute approximate surface area is 448 Å². The molecule has 3 saturated carbocycles. The average Bonchev–Trinajstić information content (AvgIpc) is 4.05. The van der Waals surface area contributed by atoms with Crippen LogP contribution in [0.3, 0.4) is 0 Å². The number of sulfone groups is 2. The van der Waals surface area contributed by atoms with Crippen LogP contribution >= 0.6 is 0 Å². The molecule has 12 rings (SSSR count). The van der Waals surface area contributed by atoms with E-state index < -0.39 is 36.6 Å². The molecule has 6 aromatic heterocycles. The van der Waals surface area contributed by atoms with E-state index in [1.807, 2.05) is 62.6 Å². The minimum absolute atomic E-state index is 0. The second-order valence-electron chi connectivity index (χ2n) is 21.0. The molecule has 77 heavy (non-hydrogen) atoms. The van der Waals surface area contributed by atoms with Gasteiger partial charge in [0, 0.05) is 72.2 Å². The van der Waals surface area contributed by atoms with E-state index in [1.165, 1.54) is 11.0 Å². The first-order valence-electron chi connectivity index (χ1n) is 25.1. The van der Waals surface area contributed by atoms with Crippen molar-refractivity contribution in [3.05, 3.63) is 132 Å². The van der Waals surface area contributed by atoms with E-state index in [0.29, 0.717) is 45.0 Å². The van der Waals surface area contributed by atoms with E-state index in [4.69, 9.17) is 4.74 Å². The number of carbonyl (C=O) groups excluding carboxylic acids is 3. The average molecular weight is 1080 g/mol. The van der Waals surface area contributed by atoms with E-state index in [0.717, 1.165) is 78.3 Å². The molecule has 2 aromatic carbocycles. The molecule has 8 aromatic rings. The Balaban J connectivity index is 0.000000186. The largest absolute Gasteiger partial charge is 0.444 e. The highest BCUT2D eigenvalue weighted by Crippen LogP contribution is 2.33. The zero-order valence-electron chi connectivity index (χ0n) is 42.2. The van der Waals surface area contributed by atoms with Crippen molar-refractivity contribution < 1.29 is 36.0 Å². The number of aromatic nitrogens is 8. The van der Waals surface area contributed by atoms with Crippen LogP contribution in [-0.2, 0) is 24.4 Å². The van der Waals surface area contributed by atoms with Crippen molar-refractivity contribution in [1.82, 2.24) is 53.9 Å². The summed E-state index contributed by atoms with van der Waals surface area (Å²) < 4.78 is 64.7. The lowest BCUT2D eigenvalue weighted by Gasteiger charge is -2.39. The maximum Gasteiger partial charge on any atom is 0.410 e. The van der Waals surface area contributed by atoms with Crippen LogP contribution in [0.4, 0.5) is 4.79 Å². The Morgan fingerprint density at radius 1 is 0.584 bits per heavy atom. The van der Waals surface area contributed by atoms with Crippen molar-refractivity contribution in [1.29, 1.82) is 0 Å². The van der Waals surface area contributed by atoms with Gasteiger partial charge in [-0.3, -0.25) is 18.4 Å². The summed E-state index contributed by atoms with van der Waals surface area (Å²) in [4.78, 5) is 48.1. The fourth-order valence-electron chi connectivity index (χ4n) is 9.06. The Bertz CT molecular complexity index is 3790. The van der Waals surface area contributed by atoms with E-state index >= 15 is 0 Å². The predicted octanol–water partition coefficient (Wildman–Crippen LogP) is 8.77. The zero-order valence-corrected chi connectivity index (χ0v) is 43.8. The Kier molecular flexibility index (Phi) is 14.6. The van der Waals surface area contributed by atoms with E-state index in [1.54, 1.807) is 94.3 Å². The number of pyridine rings is 2. The summed E-state index contributed by atoms with van der Waals surface area (Å²) in [5.41, 5.74) is 7.32. The summed E-state index contributed by atoms with van der Waals surface area (Å²) in [6.07, 6.45) is 19.7. The van der Waals surface area contributed by atoms with Crippen LogP contribution in [0.25, 0.3) is 45.2 Å². The molecular formula is C56H65N11O8S2. The van der Waals surface area contributed by atoms with Crippen LogP contribution in [0.1, 0.15) is 112 Å². The lowest BCUT2D eigenvalue weighted by Crippen LogP contribution is -2.57. The third kappa shape index (κ3) is 11.0. The minimum Gasteiger partial charge on any atom is -0.444 e. The van der Waals surface area contributed by atoms with Crippen molar-refractivity contribution in [2.45, 2.75) is 132 Å². The van der Waals surface area contributed by atoms with Gasteiger partial charge in [-0.05, 0) is 144 Å². The second-order valence-corrected chi connectivity index (χ2v) is 25.4. The highest BCUT2D eigenvalue weighted by molar-refractivity contribution is 7.92. The fourth-order valence-corrected chi connectivity index (χ4v) is 12.6. The number of likely N-dealkylation sites (tertiary alicyclic amines) is 1. The topological polar surface area (TPSA) is 226 Å². The zero-order chi connectivity index (χ0) is 52.6. The van der Waals surface area contributed by atoms with E-state index in [9.17, 15) is 31.2 Å². The van der Waals surface area contributed by atoms with Crippen LogP contribution < -0.4 is 10.6 Å². The van der Waals surface area contributed by atoms with Crippen molar-refractivity contribution in [3.63, 3.8) is 0 Å². The van der Waals surface area contributed by atoms with Crippen LogP contribution in [0.15, 0.2) is 120 Å². The molecule has 0 radical (unpaired) electrons. The van der Waals surface area contributed by atoms with Gasteiger partial charge in [-0.15, -0.1) is 0 Å². The molecule has 404 valence electrons. The number of imidazole rings is 2. The van der Waals surface area contributed by atoms with Crippen LogP contribution in [0.5, 0.6) is 0 Å². The number of ether oxygens (including phenoxy) is 1. The SMILES string of the molecule is C.C.Cc1ccc(C(=O)NC2CC2)cc1-c1cnn(-c2cnc3ccc(S(=O)(=O)C4CCC4)cn23)c1.Cc1ccc(C(=O)NC2CC2)cc1-c1cnn(-c2cnc3ccc(S(=O)(=O)C4CN(C(=O)OC(C)(C)C)C4)cn23)c1. The normalized spacial score (nSPS) is 15.8. The number of fused-ring (bicyclic) bond motifs is 2. The van der Waals surface area contributed by atoms with E-state index in [2.05, 4.69) is 30.8 Å². The quantitative estimate of drug-likeness (QED) is 0.117. The number of carbonyl (C=O) groups is 3. The first-order chi connectivity index (χ1) is 35.8. The molecule has 1 saturated heterocycles. The molecule has 4 aliphatic rings. The maximum absolute atomic E-state index is 13.4. The molecule has 0 bridgehead atoms. The van der Waals surface area contributed by atoms with Gasteiger partial charge in [0.25, 0.3) is 11.8 Å². The van der Waals surface area contributed by atoms with Gasteiger partial charge in [0.2, 0.25) is 0 Å². The lowest BCUT2D eigenvalue weighted by molar-refractivity contribution is 0.0138. The first-order valence-corrected chi connectivity index (χ1v) is 28.2. The third-order valence-corrected chi connectivity index (χ3v) is 18.4. The number of aryl methyl sites for hydroxylation is 2. The summed E-state index contributed by atoms with van der Waals surface area (Å²) in [6.45, 7) is 9.44. The molecule has 19 nitrogen and oxygen atoms in total. The smallest absolute Gasteiger partial charge is 0.410 e. The number of rotatable bonds is 12. The van der Waals surface area contributed by atoms with Gasteiger partial charge >= 0.3 is 6.09 Å². The van der Waals surface area contributed by atoms with Crippen LogP contribution in [0.2, 0.25) is 0 Å². The van der Waals surface area contributed by atoms with Crippen molar-refractivity contribution in [2.24, 2.45) is 0 Å². The Morgan fingerprint density at radius 2 is 1.03 bits per heavy atom.